The van der Waals surface area contributed by atoms with Gasteiger partial charge in [-0.2, -0.15) is 0 Å². The predicted molar refractivity (Wildman–Crippen MR) is 63.6 cm³/mol. The molecule has 0 spiro atoms. The molecule has 0 atom stereocenters. The van der Waals surface area contributed by atoms with E-state index in [0.29, 0.717) is 11.6 Å². The van der Waals surface area contributed by atoms with Gasteiger partial charge in [-0.05, 0) is 37.5 Å². The standard InChI is InChI=1S/C12H16ClNO2/c13-10-2-3-11(16)9(6-10)7-14-12(8-15)4-1-5-12/h2-3,6,14-16H,1,4-5,7-8H2. The molecule has 0 aromatic heterocycles. The van der Waals surface area contributed by atoms with Crippen LogP contribution in [0, 0.1) is 0 Å². The highest BCUT2D eigenvalue weighted by molar-refractivity contribution is 6.30. The van der Waals surface area contributed by atoms with Crippen LogP contribution in [-0.2, 0) is 6.54 Å². The molecule has 2 rings (SSSR count). The fraction of sp³-hybridized carbons (Fsp3) is 0.500. The molecule has 1 aromatic rings. The molecule has 1 aliphatic rings. The van der Waals surface area contributed by atoms with Crippen molar-refractivity contribution in [2.75, 3.05) is 6.61 Å². The first-order chi connectivity index (χ1) is 7.65. The predicted octanol–water partition coefficient (Wildman–Crippen LogP) is 2.05. The summed E-state index contributed by atoms with van der Waals surface area (Å²) in [5.41, 5.74) is 0.626. The van der Waals surface area contributed by atoms with Crippen molar-refractivity contribution in [3.05, 3.63) is 28.8 Å². The second-order valence-electron chi connectivity index (χ2n) is 4.42. The highest BCUT2D eigenvalue weighted by atomic mass is 35.5. The summed E-state index contributed by atoms with van der Waals surface area (Å²) >= 11 is 5.86. The number of nitrogens with one attached hydrogen (secondary N) is 1. The largest absolute Gasteiger partial charge is 0.508 e. The first-order valence-electron chi connectivity index (χ1n) is 5.48. The van der Waals surface area contributed by atoms with Crippen molar-refractivity contribution in [1.82, 2.24) is 5.32 Å². The number of phenolic OH excluding ortho intramolecular Hbond substituents is 1. The fourth-order valence-electron chi connectivity index (χ4n) is 1.97. The van der Waals surface area contributed by atoms with E-state index in [0.717, 1.165) is 24.8 Å². The molecule has 1 aliphatic carbocycles. The van der Waals surface area contributed by atoms with E-state index in [1.54, 1.807) is 18.2 Å². The Morgan fingerprint density at radius 3 is 2.69 bits per heavy atom. The monoisotopic (exact) mass is 241 g/mol. The van der Waals surface area contributed by atoms with Crippen LogP contribution in [-0.4, -0.2) is 22.4 Å². The molecule has 1 saturated carbocycles. The van der Waals surface area contributed by atoms with Crippen molar-refractivity contribution in [3.8, 4) is 5.75 Å². The van der Waals surface area contributed by atoms with Gasteiger partial charge < -0.3 is 15.5 Å². The molecule has 0 unspecified atom stereocenters. The molecular weight excluding hydrogens is 226 g/mol. The van der Waals surface area contributed by atoms with Crippen molar-refractivity contribution < 1.29 is 10.2 Å². The highest BCUT2D eigenvalue weighted by Crippen LogP contribution is 2.32. The van der Waals surface area contributed by atoms with Crippen LogP contribution in [0.4, 0.5) is 0 Å². The lowest BCUT2D eigenvalue weighted by Crippen LogP contribution is -2.53. The minimum atomic E-state index is -0.144. The number of rotatable bonds is 4. The van der Waals surface area contributed by atoms with E-state index in [9.17, 15) is 10.2 Å². The van der Waals surface area contributed by atoms with Crippen LogP contribution >= 0.6 is 11.6 Å². The van der Waals surface area contributed by atoms with E-state index in [1.807, 2.05) is 0 Å². The second kappa shape index (κ2) is 4.62. The van der Waals surface area contributed by atoms with Crippen LogP contribution in [0.15, 0.2) is 18.2 Å². The molecule has 0 amide bonds. The van der Waals surface area contributed by atoms with Gasteiger partial charge in [-0.25, -0.2) is 0 Å². The lowest BCUT2D eigenvalue weighted by molar-refractivity contribution is 0.0870. The van der Waals surface area contributed by atoms with Crippen molar-refractivity contribution in [3.63, 3.8) is 0 Å². The van der Waals surface area contributed by atoms with E-state index in [-0.39, 0.29) is 17.9 Å². The maximum Gasteiger partial charge on any atom is 0.120 e. The van der Waals surface area contributed by atoms with Gasteiger partial charge in [-0.1, -0.05) is 11.6 Å². The van der Waals surface area contributed by atoms with Gasteiger partial charge in [0.05, 0.1) is 6.61 Å². The van der Waals surface area contributed by atoms with Crippen LogP contribution in [0.3, 0.4) is 0 Å². The van der Waals surface area contributed by atoms with Crippen LogP contribution in [0.2, 0.25) is 5.02 Å². The SMILES string of the molecule is OCC1(NCc2cc(Cl)ccc2O)CCC1. The number of hydrogen-bond acceptors (Lipinski definition) is 3. The summed E-state index contributed by atoms with van der Waals surface area (Å²) < 4.78 is 0. The lowest BCUT2D eigenvalue weighted by Gasteiger charge is -2.41. The third-order valence-electron chi connectivity index (χ3n) is 3.31. The molecule has 0 saturated heterocycles. The van der Waals surface area contributed by atoms with Crippen LogP contribution < -0.4 is 5.32 Å². The van der Waals surface area contributed by atoms with Gasteiger partial charge in [0.1, 0.15) is 5.75 Å². The van der Waals surface area contributed by atoms with Crippen molar-refractivity contribution in [1.29, 1.82) is 0 Å². The average molecular weight is 242 g/mol. The molecule has 0 aliphatic heterocycles. The minimum absolute atomic E-state index is 0.144. The molecule has 3 N–H and O–H groups in total. The quantitative estimate of drug-likeness (QED) is 0.756. The number of aliphatic hydroxyl groups is 1. The van der Waals surface area contributed by atoms with Crippen LogP contribution in [0.1, 0.15) is 24.8 Å². The highest BCUT2D eigenvalue weighted by Gasteiger charge is 2.35. The lowest BCUT2D eigenvalue weighted by atomic mass is 9.77. The zero-order valence-electron chi connectivity index (χ0n) is 9.04. The molecule has 0 radical (unpaired) electrons. The normalized spacial score (nSPS) is 18.1. The topological polar surface area (TPSA) is 52.5 Å². The molecular formula is C12H16ClNO2. The van der Waals surface area contributed by atoms with Crippen molar-refractivity contribution >= 4 is 11.6 Å². The Bertz CT molecular complexity index is 372. The summed E-state index contributed by atoms with van der Waals surface area (Å²) in [6.07, 6.45) is 3.13. The summed E-state index contributed by atoms with van der Waals surface area (Å²) in [5.74, 6) is 0.240. The van der Waals surface area contributed by atoms with Crippen LogP contribution in [0.25, 0.3) is 0 Å². The van der Waals surface area contributed by atoms with Gasteiger partial charge in [0, 0.05) is 22.7 Å². The molecule has 1 aromatic carbocycles. The van der Waals surface area contributed by atoms with Crippen LogP contribution in [0.5, 0.6) is 5.75 Å². The first kappa shape index (κ1) is 11.7. The number of phenols is 1. The number of benzene rings is 1. The molecule has 1 fully saturated rings. The van der Waals surface area contributed by atoms with E-state index < -0.39 is 0 Å². The van der Waals surface area contributed by atoms with Crippen molar-refractivity contribution in [2.24, 2.45) is 0 Å². The summed E-state index contributed by atoms with van der Waals surface area (Å²) in [6.45, 7) is 0.682. The van der Waals surface area contributed by atoms with E-state index in [2.05, 4.69) is 5.32 Å². The summed E-state index contributed by atoms with van der Waals surface area (Å²) in [6, 6.07) is 4.99. The van der Waals surface area contributed by atoms with Gasteiger partial charge in [0.15, 0.2) is 0 Å². The maximum absolute atomic E-state index is 9.63. The minimum Gasteiger partial charge on any atom is -0.508 e. The molecule has 0 bridgehead atoms. The smallest absolute Gasteiger partial charge is 0.120 e. The zero-order chi connectivity index (χ0) is 11.6. The Morgan fingerprint density at radius 1 is 1.38 bits per heavy atom. The van der Waals surface area contributed by atoms with Gasteiger partial charge in [0.25, 0.3) is 0 Å². The summed E-state index contributed by atoms with van der Waals surface area (Å²) in [5, 5.41) is 22.8. The average Bonchev–Trinajstić information content (AvgIpc) is 2.22. The van der Waals surface area contributed by atoms with Gasteiger partial charge in [-0.3, -0.25) is 0 Å². The van der Waals surface area contributed by atoms with E-state index in [4.69, 9.17) is 11.6 Å². The molecule has 88 valence electrons. The molecule has 16 heavy (non-hydrogen) atoms. The first-order valence-corrected chi connectivity index (χ1v) is 5.86. The van der Waals surface area contributed by atoms with E-state index >= 15 is 0 Å². The molecule has 0 heterocycles. The Morgan fingerprint density at radius 2 is 2.12 bits per heavy atom. The molecule has 4 heteroatoms. The third-order valence-corrected chi connectivity index (χ3v) is 3.54. The Kier molecular flexibility index (Phi) is 3.38. The fourth-order valence-corrected chi connectivity index (χ4v) is 2.17. The Hall–Kier alpha value is -0.770. The second-order valence-corrected chi connectivity index (χ2v) is 4.86. The van der Waals surface area contributed by atoms with E-state index in [1.165, 1.54) is 0 Å². The number of halogens is 1. The maximum atomic E-state index is 9.63. The summed E-state index contributed by atoms with van der Waals surface area (Å²) in [7, 11) is 0. The molecule has 3 nitrogen and oxygen atoms in total. The summed E-state index contributed by atoms with van der Waals surface area (Å²) in [4.78, 5) is 0. The Labute approximate surface area is 100 Å². The third kappa shape index (κ3) is 2.32. The van der Waals surface area contributed by atoms with Crippen molar-refractivity contribution in [2.45, 2.75) is 31.3 Å². The van der Waals surface area contributed by atoms with Gasteiger partial charge in [-0.15, -0.1) is 0 Å². The zero-order valence-corrected chi connectivity index (χ0v) is 9.80. The number of aromatic hydroxyl groups is 1. The van der Waals surface area contributed by atoms with Gasteiger partial charge in [0.2, 0.25) is 0 Å². The number of hydrogen-bond donors (Lipinski definition) is 3. The number of aliphatic hydroxyl groups excluding tert-OH is 1. The Balaban J connectivity index is 2.01. The van der Waals surface area contributed by atoms with Gasteiger partial charge >= 0.3 is 0 Å².